The largest absolute Gasteiger partial charge is 0.507 e. The van der Waals surface area contributed by atoms with E-state index in [2.05, 4.69) is 228 Å². The van der Waals surface area contributed by atoms with Gasteiger partial charge in [-0.05, 0) is 174 Å². The lowest BCUT2D eigenvalue weighted by Crippen LogP contribution is -2.18. The zero-order chi connectivity index (χ0) is 56.3. The van der Waals surface area contributed by atoms with Crippen LogP contribution in [0.3, 0.4) is 0 Å². The number of rotatable bonds is 12. The zero-order valence-electron chi connectivity index (χ0n) is 49.6. The fourth-order valence-corrected chi connectivity index (χ4v) is 10.4. The van der Waals surface area contributed by atoms with Gasteiger partial charge in [0, 0.05) is 33.6 Å². The fourth-order valence-electron chi connectivity index (χ4n) is 10.4. The third-order valence-corrected chi connectivity index (χ3v) is 14.7. The lowest BCUT2D eigenvalue weighted by Gasteiger charge is -2.28. The standard InChI is InChI=1S/C70H91NO4/c1-41(2)51-33-45(35-53(61(51)72)65(5,6)7)27-43-23-25-59(49(29-43)31-47-34-52(42(3)4)62(73)54(38-47)66(8,9)10)71-60-26-24-44(28-46-36-55(67(11,12)13)63(74)56(37-46)68(14,15)16)30-50(60)32-48-39-57(69(17,18)19)64(75)58(40-48)70(20,21)22/h23-26,29-30,33-40,71-75H,1,3,27-28,31-32H2,2,4-22H3. The molecule has 0 saturated carbocycles. The molecule has 5 nitrogen and oxygen atoms in total. The van der Waals surface area contributed by atoms with Crippen LogP contribution in [-0.2, 0) is 58.2 Å². The van der Waals surface area contributed by atoms with E-state index in [1.165, 1.54) is 0 Å². The number of phenolic OH excluding ortho intramolecular Hbond substituents is 4. The summed E-state index contributed by atoms with van der Waals surface area (Å²) in [4.78, 5) is 0. The number of nitrogens with one attached hydrogen (secondary N) is 1. The van der Waals surface area contributed by atoms with Gasteiger partial charge in [0.25, 0.3) is 0 Å². The van der Waals surface area contributed by atoms with Crippen molar-refractivity contribution in [1.82, 2.24) is 0 Å². The van der Waals surface area contributed by atoms with Gasteiger partial charge < -0.3 is 25.7 Å². The van der Waals surface area contributed by atoms with Crippen LogP contribution in [0, 0.1) is 0 Å². The van der Waals surface area contributed by atoms with Gasteiger partial charge in [-0.15, -0.1) is 0 Å². The SMILES string of the molecule is C=C(C)c1cc(Cc2ccc(Nc3ccc(Cc4cc(C(C)(C)C)c(O)c(C(C)(C)C)c4)cc3Cc3cc(C(C)(C)C)c(O)c(C(C)(C)C)c3)c(Cc3cc(C(=C)C)c(O)c(C(C)(C)C)c3)c2)cc(C(C)(C)C)c1O. The van der Waals surface area contributed by atoms with E-state index >= 15 is 0 Å². The Morgan fingerprint density at radius 2 is 0.573 bits per heavy atom. The lowest BCUT2D eigenvalue weighted by molar-refractivity contribution is 0.422. The first-order valence-electron chi connectivity index (χ1n) is 27.0. The summed E-state index contributed by atoms with van der Waals surface area (Å²) in [6.45, 7) is 51.1. The molecule has 0 saturated heterocycles. The molecule has 6 aromatic carbocycles. The van der Waals surface area contributed by atoms with Crippen LogP contribution in [0.5, 0.6) is 23.0 Å². The number of phenols is 4. The van der Waals surface area contributed by atoms with E-state index in [1.54, 1.807) is 0 Å². The number of hydrogen-bond donors (Lipinski definition) is 5. The molecule has 75 heavy (non-hydrogen) atoms. The third-order valence-electron chi connectivity index (χ3n) is 14.7. The van der Waals surface area contributed by atoms with Gasteiger partial charge in [-0.3, -0.25) is 0 Å². The minimum atomic E-state index is -0.314. The molecule has 0 heterocycles. The summed E-state index contributed by atoms with van der Waals surface area (Å²) in [5.41, 5.74) is 17.9. The first-order valence-corrected chi connectivity index (χ1v) is 27.0. The topological polar surface area (TPSA) is 93.0 Å². The van der Waals surface area contributed by atoms with Crippen molar-refractivity contribution in [3.63, 3.8) is 0 Å². The van der Waals surface area contributed by atoms with Crippen molar-refractivity contribution in [2.45, 2.75) is 197 Å². The first-order chi connectivity index (χ1) is 34.2. The molecular formula is C70H91NO4. The molecule has 5 heteroatoms. The Labute approximate surface area is 452 Å². The number of benzene rings is 6. The molecule has 0 aromatic heterocycles. The second-order valence-corrected chi connectivity index (χ2v) is 28.0. The summed E-state index contributed by atoms with van der Waals surface area (Å²) in [6, 6.07) is 30.7. The van der Waals surface area contributed by atoms with Gasteiger partial charge in [0.2, 0.25) is 0 Å². The van der Waals surface area contributed by atoms with E-state index in [4.69, 9.17) is 0 Å². The van der Waals surface area contributed by atoms with Gasteiger partial charge >= 0.3 is 0 Å². The lowest BCUT2D eigenvalue weighted by atomic mass is 9.77. The van der Waals surface area contributed by atoms with Crippen molar-refractivity contribution in [3.8, 4) is 23.0 Å². The first kappa shape index (κ1) is 58.1. The van der Waals surface area contributed by atoms with Crippen molar-refractivity contribution in [2.75, 3.05) is 5.32 Å². The summed E-state index contributed by atoms with van der Waals surface area (Å²) in [7, 11) is 0. The smallest absolute Gasteiger partial charge is 0.126 e. The van der Waals surface area contributed by atoms with Crippen LogP contribution in [0.1, 0.15) is 227 Å². The van der Waals surface area contributed by atoms with E-state index in [1.807, 2.05) is 13.8 Å². The Morgan fingerprint density at radius 1 is 0.333 bits per heavy atom. The van der Waals surface area contributed by atoms with Gasteiger partial charge in [-0.2, -0.15) is 0 Å². The van der Waals surface area contributed by atoms with Gasteiger partial charge in [0.15, 0.2) is 0 Å². The summed E-state index contributed by atoms with van der Waals surface area (Å²) in [6.07, 6.45) is 2.53. The zero-order valence-corrected chi connectivity index (χ0v) is 49.6. The fraction of sp³-hybridized carbons (Fsp3) is 0.429. The van der Waals surface area contributed by atoms with Crippen molar-refractivity contribution >= 4 is 22.5 Å². The maximum atomic E-state index is 11.8. The monoisotopic (exact) mass is 1010 g/mol. The van der Waals surface area contributed by atoms with Gasteiger partial charge in [-0.25, -0.2) is 0 Å². The molecule has 0 bridgehead atoms. The molecule has 0 aliphatic heterocycles. The number of anilines is 2. The van der Waals surface area contributed by atoms with E-state index in [0.29, 0.717) is 42.9 Å². The van der Waals surface area contributed by atoms with Crippen LogP contribution in [0.25, 0.3) is 11.1 Å². The molecule has 0 spiro atoms. The Hall–Kier alpha value is -6.20. The minimum absolute atomic E-state index is 0.256. The maximum absolute atomic E-state index is 11.8. The predicted octanol–water partition coefficient (Wildman–Crippen LogP) is 18.5. The van der Waals surface area contributed by atoms with Crippen molar-refractivity contribution in [2.24, 2.45) is 0 Å². The summed E-state index contributed by atoms with van der Waals surface area (Å²) >= 11 is 0. The Morgan fingerprint density at radius 3 is 0.840 bits per heavy atom. The van der Waals surface area contributed by atoms with E-state index < -0.39 is 0 Å². The quantitative estimate of drug-likeness (QED) is 0.0842. The molecule has 0 unspecified atom stereocenters. The van der Waals surface area contributed by atoms with Crippen LogP contribution in [0.2, 0.25) is 0 Å². The Bertz CT molecular complexity index is 3080. The van der Waals surface area contributed by atoms with E-state index in [-0.39, 0.29) is 38.2 Å². The predicted molar refractivity (Wildman–Crippen MR) is 321 cm³/mol. The summed E-state index contributed by atoms with van der Waals surface area (Å²) < 4.78 is 0. The number of allylic oxidation sites excluding steroid dienone is 2. The minimum Gasteiger partial charge on any atom is -0.507 e. The molecule has 400 valence electrons. The molecule has 0 aliphatic rings. The van der Waals surface area contributed by atoms with Gasteiger partial charge in [0.05, 0.1) is 0 Å². The van der Waals surface area contributed by atoms with Crippen molar-refractivity contribution in [3.05, 3.63) is 187 Å². The Kier molecular flexibility index (Phi) is 16.1. The van der Waals surface area contributed by atoms with Crippen molar-refractivity contribution < 1.29 is 20.4 Å². The molecule has 6 rings (SSSR count). The molecule has 6 aromatic rings. The second-order valence-electron chi connectivity index (χ2n) is 28.0. The number of aromatic hydroxyl groups is 4. The Balaban J connectivity index is 1.58. The molecular weight excluding hydrogens is 919 g/mol. The second kappa shape index (κ2) is 20.7. The van der Waals surface area contributed by atoms with Crippen LogP contribution < -0.4 is 5.32 Å². The van der Waals surface area contributed by atoms with E-state index in [9.17, 15) is 20.4 Å². The molecule has 0 atom stereocenters. The normalized spacial score (nSPS) is 12.8. The maximum Gasteiger partial charge on any atom is 0.126 e. The highest BCUT2D eigenvalue weighted by atomic mass is 16.3. The van der Waals surface area contributed by atoms with Crippen LogP contribution in [-0.4, -0.2) is 20.4 Å². The van der Waals surface area contributed by atoms with Crippen LogP contribution in [0.15, 0.2) is 98.1 Å². The summed E-state index contributed by atoms with van der Waals surface area (Å²) in [5.74, 6) is 1.31. The molecule has 5 N–H and O–H groups in total. The highest BCUT2D eigenvalue weighted by Gasteiger charge is 2.30. The average Bonchev–Trinajstić information content (AvgIpc) is 3.24. The number of hydrogen-bond acceptors (Lipinski definition) is 5. The van der Waals surface area contributed by atoms with Gasteiger partial charge in [-0.1, -0.05) is 198 Å². The summed E-state index contributed by atoms with van der Waals surface area (Å²) in [5, 5.41) is 50.5. The molecule has 0 fully saturated rings. The molecule has 0 amide bonds. The average molecular weight is 1010 g/mol. The van der Waals surface area contributed by atoms with Crippen LogP contribution in [0.4, 0.5) is 11.4 Å². The molecule has 0 aliphatic carbocycles. The highest BCUT2D eigenvalue weighted by Crippen LogP contribution is 2.44. The molecule has 0 radical (unpaired) electrons. The van der Waals surface area contributed by atoms with Crippen molar-refractivity contribution in [1.29, 1.82) is 0 Å². The van der Waals surface area contributed by atoms with Crippen LogP contribution >= 0.6 is 0 Å². The third kappa shape index (κ3) is 13.4. The van der Waals surface area contributed by atoms with E-state index in [0.717, 1.165) is 112 Å². The van der Waals surface area contributed by atoms with Gasteiger partial charge in [0.1, 0.15) is 23.0 Å². The highest BCUT2D eigenvalue weighted by molar-refractivity contribution is 5.73.